The Morgan fingerprint density at radius 3 is 2.21 bits per heavy atom. The van der Waals surface area contributed by atoms with Gasteiger partial charge < -0.3 is 10.6 Å². The first kappa shape index (κ1) is 11.7. The standard InChI is InChI=1S/C11H23N3/c1-3-11(9-12)10-14-7-5-13(4-2)6-8-14/h3H,4-10,12H2,1-2H3/b11-3+. The first-order chi connectivity index (χ1) is 6.80. The SMILES string of the molecule is C/C=C(\CN)CN1CCN(CC)CC1. The fraction of sp³-hybridized carbons (Fsp3) is 0.818. The first-order valence-electron chi connectivity index (χ1n) is 5.59. The van der Waals surface area contributed by atoms with E-state index in [0.29, 0.717) is 6.54 Å². The van der Waals surface area contributed by atoms with Crippen molar-refractivity contribution in [1.82, 2.24) is 9.80 Å². The molecule has 0 spiro atoms. The molecule has 0 aromatic carbocycles. The summed E-state index contributed by atoms with van der Waals surface area (Å²) in [5, 5.41) is 0. The first-order valence-corrected chi connectivity index (χ1v) is 5.59. The van der Waals surface area contributed by atoms with Gasteiger partial charge in [0.15, 0.2) is 0 Å². The normalized spacial score (nSPS) is 21.5. The van der Waals surface area contributed by atoms with E-state index >= 15 is 0 Å². The van der Waals surface area contributed by atoms with Crippen molar-refractivity contribution in [1.29, 1.82) is 0 Å². The summed E-state index contributed by atoms with van der Waals surface area (Å²) in [5.74, 6) is 0. The maximum absolute atomic E-state index is 5.65. The molecule has 0 bridgehead atoms. The van der Waals surface area contributed by atoms with Crippen LogP contribution in [0.3, 0.4) is 0 Å². The zero-order chi connectivity index (χ0) is 10.4. The van der Waals surface area contributed by atoms with E-state index in [1.165, 1.54) is 38.3 Å². The van der Waals surface area contributed by atoms with Crippen molar-refractivity contribution in [2.45, 2.75) is 13.8 Å². The molecule has 0 unspecified atom stereocenters. The molecule has 2 N–H and O–H groups in total. The average Bonchev–Trinajstić information content (AvgIpc) is 2.26. The Balaban J connectivity index is 2.28. The van der Waals surface area contributed by atoms with Gasteiger partial charge in [-0.25, -0.2) is 0 Å². The topological polar surface area (TPSA) is 32.5 Å². The number of nitrogens with zero attached hydrogens (tertiary/aromatic N) is 2. The van der Waals surface area contributed by atoms with Crippen LogP contribution in [0.15, 0.2) is 11.6 Å². The quantitative estimate of drug-likeness (QED) is 0.667. The lowest BCUT2D eigenvalue weighted by atomic mass is 10.2. The fourth-order valence-corrected chi connectivity index (χ4v) is 1.82. The van der Waals surface area contributed by atoms with Gasteiger partial charge in [0.25, 0.3) is 0 Å². The molecule has 0 amide bonds. The molecule has 82 valence electrons. The molecular formula is C11H23N3. The molecule has 1 aliphatic rings. The summed E-state index contributed by atoms with van der Waals surface area (Å²) < 4.78 is 0. The fourth-order valence-electron chi connectivity index (χ4n) is 1.82. The molecule has 1 fully saturated rings. The second-order valence-electron chi connectivity index (χ2n) is 3.86. The number of allylic oxidation sites excluding steroid dienone is 1. The number of rotatable bonds is 4. The van der Waals surface area contributed by atoms with Crippen LogP contribution in [0.4, 0.5) is 0 Å². The van der Waals surface area contributed by atoms with E-state index in [4.69, 9.17) is 5.73 Å². The molecule has 14 heavy (non-hydrogen) atoms. The molecule has 1 rings (SSSR count). The Bertz CT molecular complexity index is 181. The molecule has 0 saturated carbocycles. The van der Waals surface area contributed by atoms with Crippen LogP contribution >= 0.6 is 0 Å². The van der Waals surface area contributed by atoms with Gasteiger partial charge in [0.2, 0.25) is 0 Å². The molecule has 0 atom stereocenters. The summed E-state index contributed by atoms with van der Waals surface area (Å²) in [4.78, 5) is 4.99. The monoisotopic (exact) mass is 197 g/mol. The van der Waals surface area contributed by atoms with E-state index in [-0.39, 0.29) is 0 Å². The van der Waals surface area contributed by atoms with Crippen LogP contribution in [-0.2, 0) is 0 Å². The van der Waals surface area contributed by atoms with Crippen molar-refractivity contribution >= 4 is 0 Å². The van der Waals surface area contributed by atoms with Crippen LogP contribution < -0.4 is 5.73 Å². The Morgan fingerprint density at radius 1 is 1.21 bits per heavy atom. The average molecular weight is 197 g/mol. The van der Waals surface area contributed by atoms with Gasteiger partial charge in [-0.05, 0) is 19.0 Å². The molecular weight excluding hydrogens is 174 g/mol. The number of nitrogens with two attached hydrogens (primary N) is 1. The highest BCUT2D eigenvalue weighted by molar-refractivity contribution is 5.04. The molecule has 0 aromatic rings. The number of hydrogen-bond donors (Lipinski definition) is 1. The lowest BCUT2D eigenvalue weighted by molar-refractivity contribution is 0.145. The van der Waals surface area contributed by atoms with E-state index in [0.717, 1.165) is 6.54 Å². The van der Waals surface area contributed by atoms with E-state index in [2.05, 4.69) is 29.7 Å². The largest absolute Gasteiger partial charge is 0.327 e. The van der Waals surface area contributed by atoms with Crippen molar-refractivity contribution < 1.29 is 0 Å². The maximum atomic E-state index is 5.65. The Hall–Kier alpha value is -0.380. The molecule has 0 aromatic heterocycles. The highest BCUT2D eigenvalue weighted by Gasteiger charge is 2.15. The third kappa shape index (κ3) is 3.40. The second-order valence-corrected chi connectivity index (χ2v) is 3.86. The lowest BCUT2D eigenvalue weighted by Gasteiger charge is -2.34. The van der Waals surface area contributed by atoms with Gasteiger partial charge in [-0.1, -0.05) is 13.0 Å². The van der Waals surface area contributed by atoms with Crippen LogP contribution in [0.1, 0.15) is 13.8 Å². The molecule has 3 nitrogen and oxygen atoms in total. The number of hydrogen-bond acceptors (Lipinski definition) is 3. The third-order valence-corrected chi connectivity index (χ3v) is 3.01. The zero-order valence-corrected chi connectivity index (χ0v) is 9.50. The summed E-state index contributed by atoms with van der Waals surface area (Å²) in [6.07, 6.45) is 2.15. The summed E-state index contributed by atoms with van der Waals surface area (Å²) in [7, 11) is 0. The predicted molar refractivity (Wildman–Crippen MR) is 61.4 cm³/mol. The van der Waals surface area contributed by atoms with Crippen LogP contribution in [-0.4, -0.2) is 55.6 Å². The van der Waals surface area contributed by atoms with Gasteiger partial charge in [0.05, 0.1) is 0 Å². The minimum Gasteiger partial charge on any atom is -0.327 e. The molecule has 1 heterocycles. The third-order valence-electron chi connectivity index (χ3n) is 3.01. The Labute approximate surface area is 87.6 Å². The second kappa shape index (κ2) is 6.17. The van der Waals surface area contributed by atoms with Gasteiger partial charge in [-0.3, -0.25) is 4.90 Å². The van der Waals surface area contributed by atoms with Crippen molar-refractivity contribution in [2.24, 2.45) is 5.73 Å². The lowest BCUT2D eigenvalue weighted by Crippen LogP contribution is -2.46. The molecule has 1 saturated heterocycles. The predicted octanol–water partition coefficient (Wildman–Crippen LogP) is 0.529. The number of piperazine rings is 1. The van der Waals surface area contributed by atoms with E-state index < -0.39 is 0 Å². The Kier molecular flexibility index (Phi) is 5.15. The van der Waals surface area contributed by atoms with Crippen LogP contribution in [0.25, 0.3) is 0 Å². The van der Waals surface area contributed by atoms with Crippen LogP contribution in [0.2, 0.25) is 0 Å². The van der Waals surface area contributed by atoms with Crippen molar-refractivity contribution in [2.75, 3.05) is 45.8 Å². The van der Waals surface area contributed by atoms with Gasteiger partial charge >= 0.3 is 0 Å². The van der Waals surface area contributed by atoms with Crippen molar-refractivity contribution in [3.05, 3.63) is 11.6 Å². The van der Waals surface area contributed by atoms with Crippen molar-refractivity contribution in [3.8, 4) is 0 Å². The van der Waals surface area contributed by atoms with Gasteiger partial charge in [-0.15, -0.1) is 0 Å². The van der Waals surface area contributed by atoms with Crippen LogP contribution in [0, 0.1) is 0 Å². The molecule has 3 heteroatoms. The van der Waals surface area contributed by atoms with Crippen molar-refractivity contribution in [3.63, 3.8) is 0 Å². The molecule has 1 aliphatic heterocycles. The summed E-state index contributed by atoms with van der Waals surface area (Å²) >= 11 is 0. The van der Waals surface area contributed by atoms with Gasteiger partial charge in [-0.2, -0.15) is 0 Å². The number of likely N-dealkylation sites (N-methyl/N-ethyl adjacent to an activating group) is 1. The minimum atomic E-state index is 0.699. The van der Waals surface area contributed by atoms with E-state index in [1.807, 2.05) is 0 Å². The van der Waals surface area contributed by atoms with E-state index in [9.17, 15) is 0 Å². The maximum Gasteiger partial charge on any atom is 0.0206 e. The highest BCUT2D eigenvalue weighted by atomic mass is 15.3. The molecule has 0 aliphatic carbocycles. The van der Waals surface area contributed by atoms with Crippen LogP contribution in [0.5, 0.6) is 0 Å². The van der Waals surface area contributed by atoms with Gasteiger partial charge in [0.1, 0.15) is 0 Å². The molecule has 0 radical (unpaired) electrons. The summed E-state index contributed by atoms with van der Waals surface area (Å²) in [5.41, 5.74) is 7.00. The van der Waals surface area contributed by atoms with E-state index in [1.54, 1.807) is 0 Å². The summed E-state index contributed by atoms with van der Waals surface area (Å²) in [6, 6.07) is 0. The highest BCUT2D eigenvalue weighted by Crippen LogP contribution is 2.04. The summed E-state index contributed by atoms with van der Waals surface area (Å²) in [6.45, 7) is 12.0. The Morgan fingerprint density at radius 2 is 1.79 bits per heavy atom. The van der Waals surface area contributed by atoms with Gasteiger partial charge in [0, 0.05) is 39.3 Å². The zero-order valence-electron chi connectivity index (χ0n) is 9.50. The smallest absolute Gasteiger partial charge is 0.0206 e. The minimum absolute atomic E-state index is 0.699.